The lowest BCUT2D eigenvalue weighted by atomic mass is 9.82. The van der Waals surface area contributed by atoms with Crippen LogP contribution in [0.25, 0.3) is 204 Å². The molecule has 0 saturated heterocycles. The number of rotatable bonds is 8. The van der Waals surface area contributed by atoms with Gasteiger partial charge < -0.3 is 4.42 Å². The number of nitrogens with zero attached hydrogens (tertiary/aromatic N) is 10. The molecule has 15 heteroatoms. The molecular formula is C127H110N10OS4. The van der Waals surface area contributed by atoms with Crippen LogP contribution in [0.1, 0.15) is 158 Å². The van der Waals surface area contributed by atoms with Gasteiger partial charge in [-0.3, -0.25) is 0 Å². The Morgan fingerprint density at radius 2 is 0.465 bits per heavy atom. The van der Waals surface area contributed by atoms with Crippen LogP contribution in [0.15, 0.2) is 362 Å². The minimum atomic E-state index is -0.161. The van der Waals surface area contributed by atoms with Gasteiger partial charge in [0.1, 0.15) is 45.9 Å². The SMILES string of the molecule is CC(C)(C)c1nc(-c2ccc(-c3ccccc3)cc2)c2oc3ccccc3c2n1.CC(C)(C)c1nc(-c2ccc(-c3ccccc3)cc2)c2sc3ccccc3c2n1.CC(C)(C)c1nc(-c2ccc3c(c2)-c2ccccc2C3(C)C)c2sc3ccccc3c2n1.CC(C)(C)c1nc(-c2cccc(-c3ccccc3)c2)c2sc3ccccc3c2n1.CC(C)(C)c1nc(-c2ccccc2)c2sc3ccccc3c2n1. The Balaban J connectivity index is 0.000000105. The van der Waals surface area contributed by atoms with Crippen molar-refractivity contribution in [1.82, 2.24) is 49.8 Å². The number of furan rings is 1. The zero-order valence-corrected chi connectivity index (χ0v) is 86.3. The van der Waals surface area contributed by atoms with E-state index in [9.17, 15) is 0 Å². The van der Waals surface area contributed by atoms with Crippen molar-refractivity contribution >= 4 is 149 Å². The number of aromatic nitrogens is 10. The average Bonchev–Trinajstić information content (AvgIpc) is 1.57. The molecule has 10 heterocycles. The molecule has 0 N–H and O–H groups in total. The first-order valence-electron chi connectivity index (χ1n) is 48.6. The van der Waals surface area contributed by atoms with Crippen LogP contribution >= 0.6 is 45.3 Å². The molecule has 0 amide bonds. The molecule has 0 aliphatic heterocycles. The molecule has 0 radical (unpaired) electrons. The molecule has 1 aliphatic rings. The fraction of sp³-hybridized carbons (Fsp3) is 0.181. The highest BCUT2D eigenvalue weighted by Crippen LogP contribution is 2.52. The summed E-state index contributed by atoms with van der Waals surface area (Å²) in [6, 6.07) is 125. The van der Waals surface area contributed by atoms with Gasteiger partial charge in [-0.2, -0.15) is 0 Å². The summed E-state index contributed by atoms with van der Waals surface area (Å²) < 4.78 is 15.9. The molecule has 14 aromatic carbocycles. The van der Waals surface area contributed by atoms with Crippen LogP contribution < -0.4 is 0 Å². The van der Waals surface area contributed by atoms with Crippen LogP contribution in [0.4, 0.5) is 0 Å². The largest absolute Gasteiger partial charge is 0.452 e. The summed E-state index contributed by atoms with van der Waals surface area (Å²) in [6.45, 7) is 37.2. The molecule has 24 aromatic rings. The van der Waals surface area contributed by atoms with Crippen molar-refractivity contribution in [1.29, 1.82) is 0 Å². The molecule has 142 heavy (non-hydrogen) atoms. The summed E-state index contributed by atoms with van der Waals surface area (Å²) in [5.74, 6) is 4.38. The smallest absolute Gasteiger partial charge is 0.180 e. The number of hydrogen-bond acceptors (Lipinski definition) is 15. The molecule has 0 unspecified atom stereocenters. The molecule has 25 rings (SSSR count). The van der Waals surface area contributed by atoms with E-state index >= 15 is 0 Å². The Labute approximate surface area is 845 Å². The van der Waals surface area contributed by atoms with Gasteiger partial charge in [0, 0.05) is 106 Å². The third-order valence-electron chi connectivity index (χ3n) is 26.1. The van der Waals surface area contributed by atoms with Crippen molar-refractivity contribution in [3.05, 3.63) is 398 Å². The first-order valence-corrected chi connectivity index (χ1v) is 51.8. The molecule has 698 valence electrons. The monoisotopic (exact) mass is 1920 g/mol. The molecule has 1 aliphatic carbocycles. The summed E-state index contributed by atoms with van der Waals surface area (Å²) in [5.41, 5.74) is 29.4. The summed E-state index contributed by atoms with van der Waals surface area (Å²) in [4.78, 5) is 50.0. The standard InChI is InChI=1S/C29H26N2S.C26H22N2O.2C26H22N2S.C20H18N2S/c1-28(2,3)27-30-24(26-25(31-27)19-11-7-9-13-23(19)32-26)17-14-15-22-20(16-17)18-10-6-8-12-21(18)29(22,4)5;1-26(2,3)25-27-22(24-23(28-25)20-11-7-8-12-21(20)29-24)19-15-13-18(14-16-19)17-9-5-4-6-10-17;1-26(2,3)25-27-22(24-23(28-25)20-14-7-8-15-21(20)29-24)19-13-9-12-18(16-19)17-10-5-4-6-11-17;1-26(2,3)25-27-22(24-23(28-25)20-11-7-8-12-21(20)29-24)19-15-13-18(14-16-19)17-9-5-4-6-10-17;1-20(2,3)19-21-16(13-9-5-4-6-10-13)18-17(22-19)14-11-7-8-12-15(14)23-18/h6-16H,1-5H3;3*4-16H,1-3H3;4-12H,1-3H3. The fourth-order valence-corrected chi connectivity index (χ4v) is 23.1. The van der Waals surface area contributed by atoms with Crippen molar-refractivity contribution in [3.8, 4) is 101 Å². The van der Waals surface area contributed by atoms with Crippen molar-refractivity contribution in [2.45, 2.75) is 150 Å². The zero-order chi connectivity index (χ0) is 98.3. The van der Waals surface area contributed by atoms with E-state index in [4.69, 9.17) is 54.3 Å². The Morgan fingerprint density at radius 1 is 0.204 bits per heavy atom. The van der Waals surface area contributed by atoms with E-state index < -0.39 is 0 Å². The van der Waals surface area contributed by atoms with Gasteiger partial charge >= 0.3 is 0 Å². The van der Waals surface area contributed by atoms with E-state index in [1.54, 1.807) is 45.3 Å². The zero-order valence-electron chi connectivity index (χ0n) is 83.1. The molecule has 11 nitrogen and oxygen atoms in total. The number of hydrogen-bond donors (Lipinski definition) is 0. The van der Waals surface area contributed by atoms with E-state index in [1.807, 2.05) is 42.5 Å². The molecule has 0 saturated carbocycles. The lowest BCUT2D eigenvalue weighted by Crippen LogP contribution is -2.16. The highest BCUT2D eigenvalue weighted by Gasteiger charge is 2.37. The lowest BCUT2D eigenvalue weighted by molar-refractivity contribution is 0.547. The van der Waals surface area contributed by atoms with Crippen LogP contribution in [0.3, 0.4) is 0 Å². The fourth-order valence-electron chi connectivity index (χ4n) is 18.5. The Bertz CT molecular complexity index is 8660. The molecule has 0 fully saturated rings. The van der Waals surface area contributed by atoms with Crippen LogP contribution in [-0.2, 0) is 32.5 Å². The van der Waals surface area contributed by atoms with Gasteiger partial charge in [-0.25, -0.2) is 49.8 Å². The molecular weight excluding hydrogens is 1810 g/mol. The minimum absolute atomic E-state index is 0.0135. The van der Waals surface area contributed by atoms with Crippen molar-refractivity contribution in [2.24, 2.45) is 0 Å². The molecule has 0 spiro atoms. The van der Waals surface area contributed by atoms with E-state index in [0.29, 0.717) is 0 Å². The summed E-state index contributed by atoms with van der Waals surface area (Å²) in [5, 5.41) is 5.88. The highest BCUT2D eigenvalue weighted by atomic mass is 32.1. The Morgan fingerprint density at radius 3 is 0.859 bits per heavy atom. The quantitative estimate of drug-likeness (QED) is 0.143. The van der Waals surface area contributed by atoms with Gasteiger partial charge in [0.2, 0.25) is 0 Å². The second-order valence-electron chi connectivity index (χ2n) is 42.2. The molecule has 10 aromatic heterocycles. The normalized spacial score (nSPS) is 12.6. The Kier molecular flexibility index (Phi) is 24.6. The van der Waals surface area contributed by atoms with Crippen LogP contribution in [0, 0.1) is 0 Å². The number of benzene rings is 14. The lowest BCUT2D eigenvalue weighted by Gasteiger charge is -2.21. The second-order valence-corrected chi connectivity index (χ2v) is 46.4. The summed E-state index contributed by atoms with van der Waals surface area (Å²) in [7, 11) is 0. The highest BCUT2D eigenvalue weighted by molar-refractivity contribution is 7.27. The summed E-state index contributed by atoms with van der Waals surface area (Å²) in [6.07, 6.45) is 0. The van der Waals surface area contributed by atoms with Crippen LogP contribution in [0.5, 0.6) is 0 Å². The number of thiophene rings is 4. The predicted octanol–water partition coefficient (Wildman–Crippen LogP) is 35.9. The van der Waals surface area contributed by atoms with Gasteiger partial charge in [0.15, 0.2) is 5.58 Å². The van der Waals surface area contributed by atoms with Crippen LogP contribution in [0.2, 0.25) is 0 Å². The van der Waals surface area contributed by atoms with Crippen molar-refractivity contribution in [3.63, 3.8) is 0 Å². The Hall–Kier alpha value is -14.8. The minimum Gasteiger partial charge on any atom is -0.452 e. The van der Waals surface area contributed by atoms with Gasteiger partial charge in [-0.05, 0) is 104 Å². The average molecular weight is 1920 g/mol. The second kappa shape index (κ2) is 37.3. The molecule has 0 atom stereocenters. The van der Waals surface area contributed by atoms with Gasteiger partial charge in [-0.15, -0.1) is 45.3 Å². The van der Waals surface area contributed by atoms with E-state index in [1.165, 1.54) is 111 Å². The van der Waals surface area contributed by atoms with Gasteiger partial charge in [0.05, 0.1) is 63.6 Å². The number of fused-ring (bicyclic) bond motifs is 18. The van der Waals surface area contributed by atoms with E-state index in [0.717, 1.165) is 133 Å². The first-order chi connectivity index (χ1) is 68.3. The van der Waals surface area contributed by atoms with E-state index in [-0.39, 0.29) is 32.5 Å². The molecule has 0 bridgehead atoms. The summed E-state index contributed by atoms with van der Waals surface area (Å²) >= 11 is 7.13. The van der Waals surface area contributed by atoms with Gasteiger partial charge in [-0.1, -0.05) is 427 Å². The predicted molar refractivity (Wildman–Crippen MR) is 604 cm³/mol. The van der Waals surface area contributed by atoms with E-state index in [2.05, 4.69) is 433 Å². The van der Waals surface area contributed by atoms with Crippen LogP contribution in [-0.4, -0.2) is 49.8 Å². The maximum atomic E-state index is 6.20. The van der Waals surface area contributed by atoms with Crippen molar-refractivity contribution < 1.29 is 4.42 Å². The topological polar surface area (TPSA) is 142 Å². The third-order valence-corrected chi connectivity index (χ3v) is 30.8. The van der Waals surface area contributed by atoms with Gasteiger partial charge in [0.25, 0.3) is 0 Å². The maximum Gasteiger partial charge on any atom is 0.180 e. The number of para-hydroxylation sites is 1. The third kappa shape index (κ3) is 18.4. The van der Waals surface area contributed by atoms with Crippen molar-refractivity contribution in [2.75, 3.05) is 0 Å². The maximum absolute atomic E-state index is 6.20. The first kappa shape index (κ1) is 93.5.